The van der Waals surface area contributed by atoms with Crippen LogP contribution in [0.5, 0.6) is 0 Å². The predicted octanol–water partition coefficient (Wildman–Crippen LogP) is 4.26. The van der Waals surface area contributed by atoms with Crippen LogP contribution in [0.1, 0.15) is 17.2 Å². The van der Waals surface area contributed by atoms with Gasteiger partial charge in [-0.3, -0.25) is 5.84 Å². The fourth-order valence-corrected chi connectivity index (χ4v) is 3.33. The molecule has 2 rings (SSSR count). The summed E-state index contributed by atoms with van der Waals surface area (Å²) >= 11 is 19.3. The molecule has 2 nitrogen and oxygen atoms in total. The van der Waals surface area contributed by atoms with Gasteiger partial charge in [0.25, 0.3) is 0 Å². The van der Waals surface area contributed by atoms with Crippen molar-refractivity contribution in [2.24, 2.45) is 5.84 Å². The van der Waals surface area contributed by atoms with E-state index in [9.17, 15) is 0 Å². The molecule has 6 heteroatoms. The Balaban J connectivity index is 2.43. The van der Waals surface area contributed by atoms with Crippen LogP contribution in [0.25, 0.3) is 0 Å². The minimum absolute atomic E-state index is 0.218. The van der Waals surface area contributed by atoms with Crippen LogP contribution in [0.2, 0.25) is 13.7 Å². The van der Waals surface area contributed by atoms with Gasteiger partial charge in [0.05, 0.1) is 14.7 Å². The molecular weight excluding hydrogens is 299 g/mol. The summed E-state index contributed by atoms with van der Waals surface area (Å²) in [7, 11) is 0. The zero-order chi connectivity index (χ0) is 12.4. The number of hydrogen-bond acceptors (Lipinski definition) is 3. The van der Waals surface area contributed by atoms with Crippen molar-refractivity contribution in [2.45, 2.75) is 6.04 Å². The van der Waals surface area contributed by atoms with E-state index in [0.29, 0.717) is 13.7 Å². The molecule has 0 amide bonds. The summed E-state index contributed by atoms with van der Waals surface area (Å²) < 4.78 is 1.25. The lowest BCUT2D eigenvalue weighted by Crippen LogP contribution is -2.28. The monoisotopic (exact) mass is 306 g/mol. The lowest BCUT2D eigenvalue weighted by molar-refractivity contribution is 0.639. The number of thiophene rings is 1. The summed E-state index contributed by atoms with van der Waals surface area (Å²) in [6, 6.07) is 9.03. The molecule has 3 N–H and O–H groups in total. The summed E-state index contributed by atoms with van der Waals surface area (Å²) in [6.45, 7) is 0. The van der Waals surface area contributed by atoms with Crippen molar-refractivity contribution in [3.63, 3.8) is 0 Å². The lowest BCUT2D eigenvalue weighted by atomic mass is 10.0. The van der Waals surface area contributed by atoms with Gasteiger partial charge < -0.3 is 0 Å². The first-order chi connectivity index (χ1) is 8.11. The van der Waals surface area contributed by atoms with E-state index in [4.69, 9.17) is 40.6 Å². The molecule has 0 fully saturated rings. The van der Waals surface area contributed by atoms with Crippen LogP contribution in [-0.4, -0.2) is 0 Å². The number of hydrogen-bond donors (Lipinski definition) is 2. The number of benzene rings is 1. The molecule has 0 bridgehead atoms. The summed E-state index contributed by atoms with van der Waals surface area (Å²) in [4.78, 5) is 0. The second kappa shape index (κ2) is 5.57. The average molecular weight is 308 g/mol. The van der Waals surface area contributed by atoms with Crippen LogP contribution >= 0.6 is 46.1 Å². The highest BCUT2D eigenvalue weighted by molar-refractivity contribution is 7.20. The van der Waals surface area contributed by atoms with Gasteiger partial charge in [-0.05, 0) is 23.8 Å². The summed E-state index contributed by atoms with van der Waals surface area (Å²) in [6.07, 6.45) is 0. The minimum Gasteiger partial charge on any atom is -0.271 e. The highest BCUT2D eigenvalue weighted by Gasteiger charge is 2.18. The Bertz CT molecular complexity index is 527. The molecular formula is C11H9Cl3N2S. The smallest absolute Gasteiger partial charge is 0.0995 e. The van der Waals surface area contributed by atoms with Gasteiger partial charge >= 0.3 is 0 Å². The molecule has 1 unspecified atom stereocenters. The Morgan fingerprint density at radius 1 is 1.18 bits per heavy atom. The SMILES string of the molecule is NNC(c1cccc(Cl)c1)c1cc(Cl)sc1Cl. The number of nitrogens with one attached hydrogen (secondary N) is 1. The van der Waals surface area contributed by atoms with E-state index in [2.05, 4.69) is 5.43 Å². The van der Waals surface area contributed by atoms with E-state index in [1.165, 1.54) is 11.3 Å². The molecule has 2 aromatic rings. The van der Waals surface area contributed by atoms with Crippen molar-refractivity contribution < 1.29 is 0 Å². The number of halogens is 3. The predicted molar refractivity (Wildman–Crippen MR) is 75.0 cm³/mol. The number of rotatable bonds is 3. The maximum Gasteiger partial charge on any atom is 0.0995 e. The van der Waals surface area contributed by atoms with Gasteiger partial charge in [-0.15, -0.1) is 11.3 Å². The van der Waals surface area contributed by atoms with Crippen molar-refractivity contribution in [3.05, 3.63) is 55.2 Å². The third-order valence-electron chi connectivity index (χ3n) is 2.34. The lowest BCUT2D eigenvalue weighted by Gasteiger charge is -2.16. The second-order valence-electron chi connectivity index (χ2n) is 3.43. The fraction of sp³-hybridized carbons (Fsp3) is 0.0909. The molecule has 0 spiro atoms. The first-order valence-corrected chi connectivity index (χ1v) is 6.73. The largest absolute Gasteiger partial charge is 0.271 e. The van der Waals surface area contributed by atoms with Crippen LogP contribution in [-0.2, 0) is 0 Å². The molecule has 17 heavy (non-hydrogen) atoms. The third-order valence-corrected chi connectivity index (χ3v) is 4.10. The normalized spacial score (nSPS) is 12.7. The zero-order valence-corrected chi connectivity index (χ0v) is 11.7. The summed E-state index contributed by atoms with van der Waals surface area (Å²) in [5, 5.41) is 0.653. The van der Waals surface area contributed by atoms with Gasteiger partial charge in [0.1, 0.15) is 0 Å². The van der Waals surface area contributed by atoms with Crippen molar-refractivity contribution in [2.75, 3.05) is 0 Å². The molecule has 0 radical (unpaired) electrons. The third kappa shape index (κ3) is 2.94. The van der Waals surface area contributed by atoms with Gasteiger partial charge in [0.15, 0.2) is 0 Å². The van der Waals surface area contributed by atoms with E-state index >= 15 is 0 Å². The molecule has 1 aromatic heterocycles. The maximum absolute atomic E-state index is 6.11. The Morgan fingerprint density at radius 3 is 2.47 bits per heavy atom. The average Bonchev–Trinajstić information content (AvgIpc) is 2.59. The van der Waals surface area contributed by atoms with E-state index in [0.717, 1.165) is 11.1 Å². The molecule has 0 saturated heterocycles. The fourth-order valence-electron chi connectivity index (χ4n) is 1.60. The van der Waals surface area contributed by atoms with Gasteiger partial charge in [0, 0.05) is 10.6 Å². The minimum atomic E-state index is -0.218. The van der Waals surface area contributed by atoms with Gasteiger partial charge in [-0.2, -0.15) is 0 Å². The van der Waals surface area contributed by atoms with Crippen LogP contribution in [0.4, 0.5) is 0 Å². The molecule has 0 aliphatic heterocycles. The van der Waals surface area contributed by atoms with Crippen LogP contribution in [0.3, 0.4) is 0 Å². The van der Waals surface area contributed by atoms with Gasteiger partial charge in [-0.25, -0.2) is 5.43 Å². The number of hydrazine groups is 1. The van der Waals surface area contributed by atoms with Crippen molar-refractivity contribution in [3.8, 4) is 0 Å². The molecule has 1 atom stereocenters. The molecule has 0 aliphatic carbocycles. The Morgan fingerprint density at radius 2 is 1.94 bits per heavy atom. The Kier molecular flexibility index (Phi) is 4.31. The quantitative estimate of drug-likeness (QED) is 0.657. The molecule has 0 aliphatic rings. The first-order valence-electron chi connectivity index (χ1n) is 4.78. The van der Waals surface area contributed by atoms with E-state index in [1.54, 1.807) is 12.1 Å². The molecule has 0 saturated carbocycles. The topological polar surface area (TPSA) is 38.0 Å². The summed E-state index contributed by atoms with van der Waals surface area (Å²) in [5.41, 5.74) is 4.52. The van der Waals surface area contributed by atoms with E-state index < -0.39 is 0 Å². The number of nitrogens with two attached hydrogens (primary N) is 1. The highest BCUT2D eigenvalue weighted by atomic mass is 35.5. The molecule has 1 heterocycles. The van der Waals surface area contributed by atoms with E-state index in [-0.39, 0.29) is 6.04 Å². The van der Waals surface area contributed by atoms with Crippen LogP contribution in [0.15, 0.2) is 30.3 Å². The standard InChI is InChI=1S/C11H9Cl3N2S/c12-7-3-1-2-6(4-7)10(16-15)8-5-9(13)17-11(8)14/h1-5,10,16H,15H2. The van der Waals surface area contributed by atoms with Crippen molar-refractivity contribution in [1.29, 1.82) is 0 Å². The highest BCUT2D eigenvalue weighted by Crippen LogP contribution is 2.37. The van der Waals surface area contributed by atoms with Crippen LogP contribution in [0, 0.1) is 0 Å². The second-order valence-corrected chi connectivity index (χ2v) is 6.16. The zero-order valence-electron chi connectivity index (χ0n) is 8.58. The van der Waals surface area contributed by atoms with Crippen molar-refractivity contribution in [1.82, 2.24) is 5.43 Å². The van der Waals surface area contributed by atoms with Gasteiger partial charge in [0.2, 0.25) is 0 Å². The molecule has 1 aromatic carbocycles. The van der Waals surface area contributed by atoms with Gasteiger partial charge in [-0.1, -0.05) is 46.9 Å². The van der Waals surface area contributed by atoms with E-state index in [1.807, 2.05) is 18.2 Å². The van der Waals surface area contributed by atoms with Crippen molar-refractivity contribution >= 4 is 46.1 Å². The first kappa shape index (κ1) is 13.1. The maximum atomic E-state index is 6.11. The summed E-state index contributed by atoms with van der Waals surface area (Å²) in [5.74, 6) is 5.57. The Labute approximate surface area is 118 Å². The Hall–Kier alpha value is -0.290. The van der Waals surface area contributed by atoms with Crippen LogP contribution < -0.4 is 11.3 Å². The molecule has 90 valence electrons.